The Morgan fingerprint density at radius 1 is 0.955 bits per heavy atom. The SMILES string of the molecule is CC1=C(C)C(C)(C)[C]([Zr+2][CH]2CCC3C=CC=CC32)=C1C.[Cl-].[Cl-]. The van der Waals surface area contributed by atoms with Gasteiger partial charge in [-0.3, -0.25) is 0 Å². The molecule has 3 atom stereocenters. The Morgan fingerprint density at radius 3 is 2.18 bits per heavy atom. The molecule has 3 aliphatic carbocycles. The molecule has 0 N–H and O–H groups in total. The van der Waals surface area contributed by atoms with Crippen LogP contribution in [-0.4, -0.2) is 0 Å². The average Bonchev–Trinajstić information content (AvgIpc) is 2.90. The Kier molecular flexibility index (Phi) is 7.02. The monoisotopic (exact) mass is 414 g/mol. The van der Waals surface area contributed by atoms with Crippen LogP contribution in [0.3, 0.4) is 0 Å². The maximum Gasteiger partial charge on any atom is -1.00 e. The van der Waals surface area contributed by atoms with Crippen molar-refractivity contribution in [3.8, 4) is 0 Å². The third-order valence-corrected chi connectivity index (χ3v) is 11.7. The molecule has 22 heavy (non-hydrogen) atoms. The predicted octanol–water partition coefficient (Wildman–Crippen LogP) is -0.332. The molecular weight excluding hydrogens is 390 g/mol. The normalized spacial score (nSPS) is 31.6. The number of halogens is 2. The fourth-order valence-corrected chi connectivity index (χ4v) is 9.56. The van der Waals surface area contributed by atoms with Crippen LogP contribution in [0.1, 0.15) is 47.5 Å². The molecule has 1 fully saturated rings. The van der Waals surface area contributed by atoms with Crippen molar-refractivity contribution in [3.05, 3.63) is 44.3 Å². The summed E-state index contributed by atoms with van der Waals surface area (Å²) < 4.78 is 2.90. The quantitative estimate of drug-likeness (QED) is 0.578. The van der Waals surface area contributed by atoms with Crippen LogP contribution in [0.5, 0.6) is 0 Å². The first-order chi connectivity index (χ1) is 9.43. The summed E-state index contributed by atoms with van der Waals surface area (Å²) in [6, 6.07) is 0. The van der Waals surface area contributed by atoms with E-state index in [1.807, 2.05) is 3.28 Å². The molecular formula is C19H26Cl2Zr. The van der Waals surface area contributed by atoms with E-state index in [0.29, 0.717) is 5.41 Å². The van der Waals surface area contributed by atoms with Gasteiger partial charge in [0.15, 0.2) is 0 Å². The van der Waals surface area contributed by atoms with Crippen LogP contribution in [0.4, 0.5) is 0 Å². The minimum absolute atomic E-state index is 0. The van der Waals surface area contributed by atoms with Crippen molar-refractivity contribution in [3.63, 3.8) is 0 Å². The third kappa shape index (κ3) is 3.29. The Morgan fingerprint density at radius 2 is 1.59 bits per heavy atom. The molecule has 0 radical (unpaired) electrons. The van der Waals surface area contributed by atoms with Crippen LogP contribution in [-0.2, 0) is 23.2 Å². The van der Waals surface area contributed by atoms with Crippen molar-refractivity contribution >= 4 is 0 Å². The molecule has 1 saturated carbocycles. The summed E-state index contributed by atoms with van der Waals surface area (Å²) in [5, 5.41) is 0. The van der Waals surface area contributed by atoms with Gasteiger partial charge in [-0.25, -0.2) is 0 Å². The number of fused-ring (bicyclic) bond motifs is 1. The van der Waals surface area contributed by atoms with Gasteiger partial charge in [0.25, 0.3) is 0 Å². The van der Waals surface area contributed by atoms with Crippen molar-refractivity contribution in [2.75, 3.05) is 0 Å². The minimum Gasteiger partial charge on any atom is -1.00 e. The van der Waals surface area contributed by atoms with Gasteiger partial charge in [0, 0.05) is 0 Å². The molecule has 0 nitrogen and oxygen atoms in total. The molecule has 0 aromatic heterocycles. The molecule has 3 aliphatic rings. The van der Waals surface area contributed by atoms with E-state index in [1.165, 1.54) is 12.8 Å². The zero-order valence-corrected chi connectivity index (χ0v) is 18.2. The smallest absolute Gasteiger partial charge is 1.00 e. The first-order valence-electron chi connectivity index (χ1n) is 7.94. The number of rotatable bonds is 2. The molecule has 3 rings (SSSR count). The Labute approximate surface area is 160 Å². The van der Waals surface area contributed by atoms with Crippen LogP contribution in [0.15, 0.2) is 44.3 Å². The Bertz CT molecular complexity index is 552. The van der Waals surface area contributed by atoms with E-state index in [4.69, 9.17) is 0 Å². The molecule has 3 unspecified atom stereocenters. The van der Waals surface area contributed by atoms with E-state index in [2.05, 4.69) is 58.9 Å². The van der Waals surface area contributed by atoms with E-state index in [-0.39, 0.29) is 24.8 Å². The van der Waals surface area contributed by atoms with Gasteiger partial charge in [0.2, 0.25) is 0 Å². The summed E-state index contributed by atoms with van der Waals surface area (Å²) in [5.41, 5.74) is 5.21. The fourth-order valence-electron chi connectivity index (χ4n) is 4.19. The second-order valence-corrected chi connectivity index (χ2v) is 11.0. The molecule has 0 heterocycles. The first-order valence-corrected chi connectivity index (χ1v) is 10.6. The average molecular weight is 417 g/mol. The largest absolute Gasteiger partial charge is 1.00 e. The minimum atomic E-state index is -0.491. The Balaban J connectivity index is 0.00000121. The first kappa shape index (κ1) is 20.5. The maximum atomic E-state index is 2.51. The molecule has 3 heteroatoms. The van der Waals surface area contributed by atoms with E-state index in [9.17, 15) is 0 Å². The second kappa shape index (κ2) is 7.54. The van der Waals surface area contributed by atoms with E-state index in [1.54, 1.807) is 16.7 Å². The van der Waals surface area contributed by atoms with Crippen molar-refractivity contribution in [2.24, 2.45) is 17.3 Å². The number of allylic oxidation sites excluding steroid dienone is 8. The summed E-state index contributed by atoms with van der Waals surface area (Å²) in [6.45, 7) is 12.0. The Hall–Kier alpha value is 0.423. The van der Waals surface area contributed by atoms with E-state index >= 15 is 0 Å². The van der Waals surface area contributed by atoms with E-state index < -0.39 is 23.2 Å². The van der Waals surface area contributed by atoms with Crippen molar-refractivity contribution in [2.45, 2.75) is 51.1 Å². The molecule has 0 amide bonds. The van der Waals surface area contributed by atoms with Crippen molar-refractivity contribution in [1.82, 2.24) is 0 Å². The van der Waals surface area contributed by atoms with Gasteiger partial charge >= 0.3 is 136 Å². The zero-order valence-electron chi connectivity index (χ0n) is 14.2. The molecule has 120 valence electrons. The van der Waals surface area contributed by atoms with Gasteiger partial charge < -0.3 is 24.8 Å². The van der Waals surface area contributed by atoms with Crippen LogP contribution < -0.4 is 24.8 Å². The molecule has 0 aromatic rings. The number of hydrogen-bond donors (Lipinski definition) is 0. The van der Waals surface area contributed by atoms with Gasteiger partial charge in [-0.15, -0.1) is 0 Å². The van der Waals surface area contributed by atoms with Crippen LogP contribution in [0.25, 0.3) is 0 Å². The second-order valence-electron chi connectivity index (χ2n) is 7.21. The van der Waals surface area contributed by atoms with Gasteiger partial charge in [-0.2, -0.15) is 0 Å². The third-order valence-electron chi connectivity index (χ3n) is 5.96. The molecule has 0 bridgehead atoms. The molecule has 0 spiro atoms. The van der Waals surface area contributed by atoms with Gasteiger partial charge in [0.1, 0.15) is 0 Å². The van der Waals surface area contributed by atoms with Gasteiger partial charge in [-0.05, 0) is 0 Å². The molecule has 0 saturated heterocycles. The molecule has 0 aliphatic heterocycles. The molecule has 0 aromatic carbocycles. The fraction of sp³-hybridized carbons (Fsp3) is 0.579. The topological polar surface area (TPSA) is 0 Å². The van der Waals surface area contributed by atoms with Crippen LogP contribution in [0.2, 0.25) is 3.63 Å². The van der Waals surface area contributed by atoms with Crippen LogP contribution >= 0.6 is 0 Å². The van der Waals surface area contributed by atoms with Gasteiger partial charge in [0.05, 0.1) is 0 Å². The summed E-state index contributed by atoms with van der Waals surface area (Å²) in [6.07, 6.45) is 12.4. The maximum absolute atomic E-state index is 2.51. The predicted molar refractivity (Wildman–Crippen MR) is 83.1 cm³/mol. The van der Waals surface area contributed by atoms with Gasteiger partial charge in [-0.1, -0.05) is 0 Å². The number of hydrogen-bond acceptors (Lipinski definition) is 0. The summed E-state index contributed by atoms with van der Waals surface area (Å²) in [4.78, 5) is 0. The van der Waals surface area contributed by atoms with Crippen LogP contribution in [0, 0.1) is 17.3 Å². The van der Waals surface area contributed by atoms with Crippen molar-refractivity contribution < 1.29 is 48.0 Å². The zero-order chi connectivity index (χ0) is 14.5. The summed E-state index contributed by atoms with van der Waals surface area (Å²) >= 11 is -0.491. The standard InChI is InChI=1S/C10H15.C9H11.2ClH.Zr/c1-7-6-10(4,5)9(3)8(7)2;1-2-5-9-7-3-6-8(9)4-1;;;/h1-5H3;1-2,4-6,8-9H,3,7H2;2*1H;/q;;;;+2/p-2. The van der Waals surface area contributed by atoms with Crippen molar-refractivity contribution in [1.29, 1.82) is 0 Å². The van der Waals surface area contributed by atoms with E-state index in [0.717, 1.165) is 15.5 Å². The summed E-state index contributed by atoms with van der Waals surface area (Å²) in [5.74, 6) is 1.72. The summed E-state index contributed by atoms with van der Waals surface area (Å²) in [7, 11) is 0.